The second kappa shape index (κ2) is 7.85. The Morgan fingerprint density at radius 2 is 1.50 bits per heavy atom. The highest BCUT2D eigenvalue weighted by molar-refractivity contribution is 6.93. The van der Waals surface area contributed by atoms with Crippen LogP contribution in [0.15, 0.2) is 66.7 Å². The van der Waals surface area contributed by atoms with Crippen LogP contribution in [0.2, 0.25) is 37.3 Å². The zero-order chi connectivity index (χ0) is 25.6. The zero-order valence-corrected chi connectivity index (χ0v) is 25.4. The second-order valence-corrected chi connectivity index (χ2v) is 23.1. The molecule has 4 aliphatic rings. The summed E-state index contributed by atoms with van der Waals surface area (Å²) in [5.41, 5.74) is 8.62. The first-order chi connectivity index (χ1) is 17.0. The fourth-order valence-electron chi connectivity index (χ4n) is 8.57. The Balaban J connectivity index is 1.53. The van der Waals surface area contributed by atoms with Gasteiger partial charge in [-0.1, -0.05) is 87.2 Å². The Kier molecular flexibility index (Phi) is 5.24. The average Bonchev–Trinajstić information content (AvgIpc) is 3.26. The van der Waals surface area contributed by atoms with E-state index in [0.29, 0.717) is 5.54 Å². The van der Waals surface area contributed by atoms with Crippen LogP contribution in [0.3, 0.4) is 0 Å². The van der Waals surface area contributed by atoms with Crippen LogP contribution in [0.25, 0.3) is 10.8 Å². The number of hydrogen-bond donors (Lipinski definition) is 0. The average molecular weight is 511 g/mol. The van der Waals surface area contributed by atoms with Crippen LogP contribution in [0.5, 0.6) is 0 Å². The van der Waals surface area contributed by atoms with Gasteiger partial charge in [0.15, 0.2) is 0 Å². The van der Waals surface area contributed by atoms with Gasteiger partial charge in [0.2, 0.25) is 0 Å². The third-order valence-electron chi connectivity index (χ3n) is 10.4. The summed E-state index contributed by atoms with van der Waals surface area (Å²) in [5, 5.41) is 4.55. The van der Waals surface area contributed by atoms with Crippen LogP contribution < -0.4 is 15.0 Å². The minimum atomic E-state index is -1.80. The predicted molar refractivity (Wildman–Crippen MR) is 164 cm³/mol. The lowest BCUT2D eigenvalue weighted by molar-refractivity contribution is 0.501. The summed E-state index contributed by atoms with van der Waals surface area (Å²) in [4.78, 5) is 4.68. The molecule has 2 nitrogen and oxygen atoms in total. The number of fused-ring (bicyclic) bond motifs is 1. The van der Waals surface area contributed by atoms with Gasteiger partial charge in [-0.05, 0) is 56.9 Å². The largest absolute Gasteiger partial charge is 0.377 e. The van der Waals surface area contributed by atoms with E-state index in [9.17, 15) is 0 Å². The molecule has 4 heteroatoms. The SMILES string of the molecule is CN(C)c1cccc2c1C13C=CC2[Si](C)(C)C1CC([Si](C)(C)c1cccc2cccc(N(C)C)c12)C3. The van der Waals surface area contributed by atoms with Crippen LogP contribution in [0, 0.1) is 0 Å². The molecule has 2 aliphatic carbocycles. The summed E-state index contributed by atoms with van der Waals surface area (Å²) >= 11 is 0. The molecule has 36 heavy (non-hydrogen) atoms. The van der Waals surface area contributed by atoms with E-state index < -0.39 is 16.1 Å². The first kappa shape index (κ1) is 24.1. The molecule has 0 amide bonds. The van der Waals surface area contributed by atoms with E-state index in [1.165, 1.54) is 35.0 Å². The molecule has 0 aromatic heterocycles. The summed E-state index contributed by atoms with van der Waals surface area (Å²) in [6.45, 7) is 10.8. The van der Waals surface area contributed by atoms with Gasteiger partial charge in [0, 0.05) is 50.4 Å². The van der Waals surface area contributed by atoms with Gasteiger partial charge in [-0.15, -0.1) is 0 Å². The third kappa shape index (κ3) is 3.07. The molecular formula is C32H42N2Si2. The van der Waals surface area contributed by atoms with Crippen LogP contribution in [-0.4, -0.2) is 44.3 Å². The highest BCUT2D eigenvalue weighted by Gasteiger charge is 2.64. The fraction of sp³-hybridized carbons (Fsp3) is 0.438. The minimum Gasteiger partial charge on any atom is -0.377 e. The molecule has 7 rings (SSSR count). The van der Waals surface area contributed by atoms with Crippen molar-refractivity contribution in [3.63, 3.8) is 0 Å². The molecule has 4 unspecified atom stereocenters. The smallest absolute Gasteiger partial charge is 0.0846 e. The molecule has 2 bridgehead atoms. The van der Waals surface area contributed by atoms with Crippen molar-refractivity contribution in [1.82, 2.24) is 0 Å². The molecule has 0 N–H and O–H groups in total. The molecule has 188 valence electrons. The first-order valence-corrected chi connectivity index (χ1v) is 19.9. The van der Waals surface area contributed by atoms with Gasteiger partial charge in [-0.25, -0.2) is 0 Å². The zero-order valence-electron chi connectivity index (χ0n) is 23.4. The normalized spacial score (nSPS) is 27.7. The van der Waals surface area contributed by atoms with Gasteiger partial charge in [0.1, 0.15) is 0 Å². The molecule has 1 fully saturated rings. The van der Waals surface area contributed by atoms with Gasteiger partial charge in [0.05, 0.1) is 16.1 Å². The Morgan fingerprint density at radius 3 is 2.19 bits per heavy atom. The van der Waals surface area contributed by atoms with E-state index in [1.54, 1.807) is 16.3 Å². The summed E-state index contributed by atoms with van der Waals surface area (Å²) in [7, 11) is 5.55. The number of benzene rings is 3. The van der Waals surface area contributed by atoms with Gasteiger partial charge in [0.25, 0.3) is 0 Å². The van der Waals surface area contributed by atoms with E-state index in [0.717, 1.165) is 11.1 Å². The quantitative estimate of drug-likeness (QED) is 0.269. The van der Waals surface area contributed by atoms with Gasteiger partial charge in [-0.2, -0.15) is 0 Å². The maximum Gasteiger partial charge on any atom is 0.0846 e. The molecule has 3 aromatic carbocycles. The molecule has 2 heterocycles. The number of allylic oxidation sites excluding steroid dienone is 2. The van der Waals surface area contributed by atoms with Crippen LogP contribution in [0.1, 0.15) is 29.5 Å². The summed E-state index contributed by atoms with van der Waals surface area (Å²) in [5.74, 6) is 0. The second-order valence-electron chi connectivity index (χ2n) is 13.3. The fourth-order valence-corrected chi connectivity index (χ4v) is 17.0. The molecular weight excluding hydrogens is 469 g/mol. The summed E-state index contributed by atoms with van der Waals surface area (Å²) in [6.07, 6.45) is 8.06. The molecule has 0 saturated heterocycles. The van der Waals surface area contributed by atoms with E-state index in [4.69, 9.17) is 0 Å². The molecule has 1 spiro atoms. The van der Waals surface area contributed by atoms with Crippen LogP contribution >= 0.6 is 0 Å². The Labute approximate surface area is 220 Å². The van der Waals surface area contributed by atoms with E-state index in [-0.39, 0.29) is 5.41 Å². The van der Waals surface area contributed by atoms with Crippen molar-refractivity contribution < 1.29 is 0 Å². The van der Waals surface area contributed by atoms with Crippen molar-refractivity contribution in [1.29, 1.82) is 0 Å². The van der Waals surface area contributed by atoms with Crippen molar-refractivity contribution in [3.8, 4) is 0 Å². The van der Waals surface area contributed by atoms with Gasteiger partial charge >= 0.3 is 0 Å². The lowest BCUT2D eigenvalue weighted by Crippen LogP contribution is -2.54. The Bertz CT molecular complexity index is 1380. The monoisotopic (exact) mass is 510 g/mol. The Hall–Kier alpha value is -2.31. The van der Waals surface area contributed by atoms with Gasteiger partial charge in [-0.3, -0.25) is 0 Å². The highest BCUT2D eigenvalue weighted by atomic mass is 28.3. The lowest BCUT2D eigenvalue weighted by Gasteiger charge is -2.56. The maximum absolute atomic E-state index is 2.70. The minimum absolute atomic E-state index is 0.213. The predicted octanol–water partition coefficient (Wildman–Crippen LogP) is 7.27. The topological polar surface area (TPSA) is 6.48 Å². The number of nitrogens with zero attached hydrogens (tertiary/aromatic N) is 2. The standard InChI is InChI=1S/C32H42N2Si2/c1-33(2)25-15-9-12-22-13-10-17-28(30(22)25)35(5,6)23-20-29-32(21-23)19-18-27(36(29,7)8)24-14-11-16-26(31(24)32)34(3)4/h9-19,23,27,29H,20-21H2,1-8H3. The molecule has 4 atom stereocenters. The molecule has 2 aliphatic heterocycles. The lowest BCUT2D eigenvalue weighted by atomic mass is 9.70. The van der Waals surface area contributed by atoms with Crippen molar-refractivity contribution >= 4 is 43.5 Å². The highest BCUT2D eigenvalue weighted by Crippen LogP contribution is 2.70. The number of anilines is 2. The van der Waals surface area contributed by atoms with Crippen LogP contribution in [0.4, 0.5) is 11.4 Å². The van der Waals surface area contributed by atoms with Crippen molar-refractivity contribution in [3.05, 3.63) is 77.9 Å². The molecule has 3 aromatic rings. The van der Waals surface area contributed by atoms with Crippen molar-refractivity contribution in [2.45, 2.75) is 61.1 Å². The van der Waals surface area contributed by atoms with Crippen molar-refractivity contribution in [2.75, 3.05) is 38.0 Å². The van der Waals surface area contributed by atoms with Crippen LogP contribution in [-0.2, 0) is 5.41 Å². The first-order valence-electron chi connectivity index (χ1n) is 13.7. The van der Waals surface area contributed by atoms with Gasteiger partial charge < -0.3 is 9.80 Å². The maximum atomic E-state index is 2.70. The van der Waals surface area contributed by atoms with E-state index in [2.05, 4.69) is 131 Å². The third-order valence-corrected chi connectivity index (χ3v) is 19.4. The summed E-state index contributed by atoms with van der Waals surface area (Å²) in [6, 6.07) is 21.1. The van der Waals surface area contributed by atoms with E-state index in [1.807, 2.05) is 0 Å². The molecule has 1 saturated carbocycles. The Morgan fingerprint density at radius 1 is 0.861 bits per heavy atom. The molecule has 0 radical (unpaired) electrons. The van der Waals surface area contributed by atoms with Crippen molar-refractivity contribution in [2.24, 2.45) is 0 Å². The number of rotatable bonds is 4. The van der Waals surface area contributed by atoms with E-state index >= 15 is 0 Å². The summed E-state index contributed by atoms with van der Waals surface area (Å²) < 4.78 is 0. The number of hydrogen-bond acceptors (Lipinski definition) is 2.